The number of amides is 2. The molecule has 7 nitrogen and oxygen atoms in total. The molecule has 6 saturated carbocycles. The summed E-state index contributed by atoms with van der Waals surface area (Å²) in [6.07, 6.45) is 5.22. The third-order valence-corrected chi connectivity index (χ3v) is 9.28. The number of nitrogens with two attached hydrogens (primary N) is 1. The van der Waals surface area contributed by atoms with Gasteiger partial charge >= 0.3 is 5.92 Å². The van der Waals surface area contributed by atoms with E-state index in [1.807, 2.05) is 0 Å². The van der Waals surface area contributed by atoms with Gasteiger partial charge in [-0.15, -0.1) is 0 Å². The van der Waals surface area contributed by atoms with E-state index in [2.05, 4.69) is 10.1 Å². The van der Waals surface area contributed by atoms with Crippen LogP contribution in [0.3, 0.4) is 0 Å². The Morgan fingerprint density at radius 1 is 1.11 bits per heavy atom. The summed E-state index contributed by atoms with van der Waals surface area (Å²) in [5.41, 5.74) is 3.97. The molecule has 0 aliphatic heterocycles. The Labute approximate surface area is 206 Å². The van der Waals surface area contributed by atoms with Crippen molar-refractivity contribution in [1.29, 1.82) is 0 Å². The zero-order chi connectivity index (χ0) is 25.6. The summed E-state index contributed by atoms with van der Waals surface area (Å²) in [6, 6.07) is 6.74. The molecule has 0 unspecified atom stereocenters. The molecule has 192 valence electrons. The standard InChI is InChI=1S/C26H29F3N4O3/c1-22(27,28)20-31-19(32-36-20)24-8-5-23(6-9-24,7-10-24)15-33(17-4-2-3-16(11-17)18(30)34)21(35)25-12-26(29,13-25)14-25/h2-4,11H,5-10,12-15H2,1H3,(H2,30,34). The molecular weight excluding hydrogens is 473 g/mol. The summed E-state index contributed by atoms with van der Waals surface area (Å²) >= 11 is 0. The summed E-state index contributed by atoms with van der Waals surface area (Å²) in [7, 11) is 0. The minimum Gasteiger partial charge on any atom is -0.366 e. The van der Waals surface area contributed by atoms with Gasteiger partial charge in [-0.25, -0.2) is 4.39 Å². The van der Waals surface area contributed by atoms with Crippen molar-refractivity contribution >= 4 is 17.5 Å². The van der Waals surface area contributed by atoms with Crippen LogP contribution >= 0.6 is 0 Å². The third-order valence-electron chi connectivity index (χ3n) is 9.28. The van der Waals surface area contributed by atoms with E-state index in [-0.39, 0.29) is 30.6 Å². The maximum atomic E-state index is 14.3. The number of primary amides is 1. The minimum absolute atomic E-state index is 0.0894. The van der Waals surface area contributed by atoms with E-state index in [1.54, 1.807) is 29.2 Å². The van der Waals surface area contributed by atoms with Crippen LogP contribution in [-0.4, -0.2) is 34.2 Å². The SMILES string of the molecule is CC(F)(F)c1nc(C23CCC(CN(C(=O)C45CC(F)(C4)C5)c4cccc(C(N)=O)c4)(CC2)CC3)no1. The van der Waals surface area contributed by atoms with Gasteiger partial charge < -0.3 is 15.2 Å². The largest absolute Gasteiger partial charge is 0.366 e. The summed E-state index contributed by atoms with van der Waals surface area (Å²) in [4.78, 5) is 31.4. The lowest BCUT2D eigenvalue weighted by Crippen LogP contribution is -2.71. The lowest BCUT2D eigenvalue weighted by atomic mass is 9.41. The Morgan fingerprint density at radius 3 is 2.28 bits per heavy atom. The van der Waals surface area contributed by atoms with E-state index in [0.29, 0.717) is 42.9 Å². The van der Waals surface area contributed by atoms with Crippen LogP contribution in [0.5, 0.6) is 0 Å². The van der Waals surface area contributed by atoms with Gasteiger partial charge in [-0.05, 0) is 81.4 Å². The van der Waals surface area contributed by atoms with E-state index in [4.69, 9.17) is 10.3 Å². The zero-order valence-corrected chi connectivity index (χ0v) is 20.2. The van der Waals surface area contributed by atoms with Gasteiger partial charge in [-0.2, -0.15) is 13.8 Å². The number of anilines is 1. The molecule has 0 atom stereocenters. The summed E-state index contributed by atoms with van der Waals surface area (Å²) in [5, 5.41) is 3.91. The number of carbonyl (C=O) groups excluding carboxylic acids is 2. The van der Waals surface area contributed by atoms with E-state index in [0.717, 1.165) is 26.2 Å². The number of hydrogen-bond acceptors (Lipinski definition) is 5. The normalized spacial score (nSPS) is 34.6. The summed E-state index contributed by atoms with van der Waals surface area (Å²) in [5.74, 6) is -4.17. The van der Waals surface area contributed by atoms with Crippen LogP contribution in [0.1, 0.15) is 86.8 Å². The maximum absolute atomic E-state index is 14.3. The predicted octanol–water partition coefficient (Wildman–Crippen LogP) is 4.80. The molecule has 6 aliphatic rings. The quantitative estimate of drug-likeness (QED) is 0.586. The highest BCUT2D eigenvalue weighted by Crippen LogP contribution is 2.70. The first-order chi connectivity index (χ1) is 16.9. The highest BCUT2D eigenvalue weighted by Gasteiger charge is 2.73. The average molecular weight is 503 g/mol. The topological polar surface area (TPSA) is 102 Å². The molecule has 1 aromatic heterocycles. The second-order valence-corrected chi connectivity index (χ2v) is 11.9. The fraction of sp³-hybridized carbons (Fsp3) is 0.615. The van der Waals surface area contributed by atoms with Crippen molar-refractivity contribution in [2.24, 2.45) is 16.6 Å². The van der Waals surface area contributed by atoms with Gasteiger partial charge in [0.05, 0.1) is 5.41 Å². The number of carbonyl (C=O) groups is 2. The van der Waals surface area contributed by atoms with Gasteiger partial charge in [-0.1, -0.05) is 11.2 Å². The molecule has 1 aromatic carbocycles. The first-order valence-corrected chi connectivity index (χ1v) is 12.5. The monoisotopic (exact) mass is 502 g/mol. The molecule has 2 amide bonds. The first-order valence-electron chi connectivity index (χ1n) is 12.5. The second kappa shape index (κ2) is 7.32. The Balaban J connectivity index is 1.25. The van der Waals surface area contributed by atoms with Crippen LogP contribution in [0.2, 0.25) is 0 Å². The van der Waals surface area contributed by atoms with Crippen molar-refractivity contribution in [3.63, 3.8) is 0 Å². The molecule has 10 heteroatoms. The number of benzene rings is 1. The number of rotatable bonds is 7. The summed E-state index contributed by atoms with van der Waals surface area (Å²) < 4.78 is 46.5. The molecule has 6 aliphatic carbocycles. The second-order valence-electron chi connectivity index (χ2n) is 11.9. The Hall–Kier alpha value is -2.91. The Morgan fingerprint density at radius 2 is 1.75 bits per heavy atom. The molecule has 2 N–H and O–H groups in total. The van der Waals surface area contributed by atoms with Gasteiger partial charge in [0.1, 0.15) is 5.67 Å². The van der Waals surface area contributed by atoms with Crippen LogP contribution in [0, 0.1) is 10.8 Å². The highest BCUT2D eigenvalue weighted by molar-refractivity contribution is 6.01. The van der Waals surface area contributed by atoms with Crippen molar-refractivity contribution in [2.75, 3.05) is 11.4 Å². The molecule has 0 radical (unpaired) electrons. The number of nitrogens with zero attached hydrogens (tertiary/aromatic N) is 3. The Kier molecular flexibility index (Phi) is 4.78. The number of hydrogen-bond donors (Lipinski definition) is 1. The predicted molar refractivity (Wildman–Crippen MR) is 123 cm³/mol. The molecular formula is C26H29F3N4O3. The third kappa shape index (κ3) is 3.47. The molecule has 6 fully saturated rings. The van der Waals surface area contributed by atoms with Gasteiger partial charge in [0.15, 0.2) is 5.82 Å². The van der Waals surface area contributed by atoms with Crippen LogP contribution in [0.25, 0.3) is 0 Å². The Bertz CT molecular complexity index is 1210. The molecule has 8 rings (SSSR count). The van der Waals surface area contributed by atoms with Gasteiger partial charge in [0, 0.05) is 30.1 Å². The number of alkyl halides is 3. The first kappa shape index (κ1) is 23.5. The van der Waals surface area contributed by atoms with Crippen LogP contribution < -0.4 is 10.6 Å². The lowest BCUT2D eigenvalue weighted by molar-refractivity contribution is -0.211. The van der Waals surface area contributed by atoms with Crippen LogP contribution in [0.15, 0.2) is 28.8 Å². The van der Waals surface area contributed by atoms with Crippen molar-refractivity contribution in [3.05, 3.63) is 41.5 Å². The molecule has 0 spiro atoms. The molecule has 1 heterocycles. The number of halogens is 3. The van der Waals surface area contributed by atoms with Crippen LogP contribution in [-0.2, 0) is 16.1 Å². The van der Waals surface area contributed by atoms with Crippen molar-refractivity contribution in [3.8, 4) is 0 Å². The molecule has 0 saturated heterocycles. The van der Waals surface area contributed by atoms with Crippen molar-refractivity contribution < 1.29 is 27.3 Å². The average Bonchev–Trinajstić information content (AvgIpc) is 3.33. The molecule has 4 bridgehead atoms. The highest BCUT2D eigenvalue weighted by atomic mass is 19.3. The minimum atomic E-state index is -3.19. The zero-order valence-electron chi connectivity index (χ0n) is 20.2. The van der Waals surface area contributed by atoms with Gasteiger partial charge in [-0.3, -0.25) is 9.59 Å². The van der Waals surface area contributed by atoms with Crippen LogP contribution in [0.4, 0.5) is 18.9 Å². The van der Waals surface area contributed by atoms with Crippen molar-refractivity contribution in [1.82, 2.24) is 10.1 Å². The lowest BCUT2D eigenvalue weighted by Gasteiger charge is -2.65. The van der Waals surface area contributed by atoms with E-state index < -0.39 is 34.2 Å². The van der Waals surface area contributed by atoms with E-state index in [9.17, 15) is 22.8 Å². The molecule has 36 heavy (non-hydrogen) atoms. The van der Waals surface area contributed by atoms with Crippen molar-refractivity contribution in [2.45, 2.75) is 81.7 Å². The van der Waals surface area contributed by atoms with E-state index >= 15 is 0 Å². The maximum Gasteiger partial charge on any atom is 0.322 e. The van der Waals surface area contributed by atoms with Gasteiger partial charge in [0.2, 0.25) is 11.8 Å². The fourth-order valence-corrected chi connectivity index (χ4v) is 7.07. The fourth-order valence-electron chi connectivity index (χ4n) is 7.07. The van der Waals surface area contributed by atoms with E-state index in [1.165, 1.54) is 0 Å². The van der Waals surface area contributed by atoms with Gasteiger partial charge in [0.25, 0.3) is 5.89 Å². The smallest absolute Gasteiger partial charge is 0.322 e. The summed E-state index contributed by atoms with van der Waals surface area (Å²) in [6.45, 7) is 1.19. The molecule has 2 aromatic rings. The number of aromatic nitrogens is 2. The number of fused-ring (bicyclic) bond motifs is 3.